The van der Waals surface area contributed by atoms with E-state index in [0.29, 0.717) is 12.2 Å². The molecule has 0 aromatic heterocycles. The van der Waals surface area contributed by atoms with Crippen molar-refractivity contribution in [2.45, 2.75) is 13.3 Å². The van der Waals surface area contributed by atoms with Crippen molar-refractivity contribution in [3.63, 3.8) is 0 Å². The lowest BCUT2D eigenvalue weighted by Crippen LogP contribution is -2.29. The minimum absolute atomic E-state index is 0.0321. The topological polar surface area (TPSA) is 113 Å². The first kappa shape index (κ1) is 16.4. The Kier molecular flexibility index (Phi) is 6.12. The summed E-state index contributed by atoms with van der Waals surface area (Å²) in [6.07, 6.45) is 0.114. The number of carbonyl (C=O) groups is 2. The van der Waals surface area contributed by atoms with Crippen LogP contribution >= 0.6 is 0 Å². The van der Waals surface area contributed by atoms with Crippen LogP contribution < -0.4 is 16.0 Å². The molecule has 2 amide bonds. The number of carbonyl (C=O) groups excluding carboxylic acids is 2. The first-order valence-electron chi connectivity index (χ1n) is 6.50. The van der Waals surface area contributed by atoms with Gasteiger partial charge in [-0.25, -0.2) is 0 Å². The fraction of sp³-hybridized carbons (Fsp3) is 0.385. The van der Waals surface area contributed by atoms with E-state index in [9.17, 15) is 19.7 Å². The maximum absolute atomic E-state index is 12.0. The zero-order chi connectivity index (χ0) is 15.8. The van der Waals surface area contributed by atoms with Gasteiger partial charge in [0, 0.05) is 38.3 Å². The number of nitrogens with zero attached hydrogens (tertiary/aromatic N) is 1. The average Bonchev–Trinajstić information content (AvgIpc) is 2.46. The third-order valence-electron chi connectivity index (χ3n) is 2.74. The Morgan fingerprint density at radius 1 is 1.33 bits per heavy atom. The average molecular weight is 294 g/mol. The van der Waals surface area contributed by atoms with Crippen molar-refractivity contribution < 1.29 is 14.5 Å². The van der Waals surface area contributed by atoms with Gasteiger partial charge in [0.25, 0.3) is 11.6 Å². The highest BCUT2D eigenvalue weighted by Crippen LogP contribution is 2.22. The second-order valence-electron chi connectivity index (χ2n) is 4.20. The summed E-state index contributed by atoms with van der Waals surface area (Å²) >= 11 is 0. The summed E-state index contributed by atoms with van der Waals surface area (Å²) in [5.74, 6) is -0.795. The molecule has 0 fully saturated rings. The standard InChI is InChI=1S/C13H18N4O4/c1-3-15-9-4-5-11(17(20)21)10(8-9)13(19)16-7-6-12(18)14-2/h4-5,8,15H,3,6-7H2,1-2H3,(H,14,18)(H,16,19). The maximum atomic E-state index is 12.0. The number of nitro groups is 1. The van der Waals surface area contributed by atoms with Crippen LogP contribution in [0.1, 0.15) is 23.7 Å². The molecule has 0 aliphatic carbocycles. The Morgan fingerprint density at radius 2 is 2.05 bits per heavy atom. The van der Waals surface area contributed by atoms with Crippen molar-refractivity contribution in [1.82, 2.24) is 10.6 Å². The molecule has 0 bridgehead atoms. The molecule has 8 nitrogen and oxygen atoms in total. The molecule has 0 spiro atoms. The maximum Gasteiger partial charge on any atom is 0.282 e. The van der Waals surface area contributed by atoms with Crippen molar-refractivity contribution in [2.75, 3.05) is 25.5 Å². The summed E-state index contributed by atoms with van der Waals surface area (Å²) in [7, 11) is 1.49. The summed E-state index contributed by atoms with van der Waals surface area (Å²) in [4.78, 5) is 33.4. The molecule has 0 saturated heterocycles. The van der Waals surface area contributed by atoms with Crippen LogP contribution in [0.4, 0.5) is 11.4 Å². The fourth-order valence-electron chi connectivity index (χ4n) is 1.70. The highest BCUT2D eigenvalue weighted by Gasteiger charge is 2.20. The van der Waals surface area contributed by atoms with Gasteiger partial charge in [-0.3, -0.25) is 19.7 Å². The normalized spacial score (nSPS) is 9.81. The lowest BCUT2D eigenvalue weighted by atomic mass is 10.1. The number of nitro benzene ring substituents is 1. The van der Waals surface area contributed by atoms with Crippen molar-refractivity contribution in [3.05, 3.63) is 33.9 Å². The molecule has 0 atom stereocenters. The predicted octanol–water partition coefficient (Wildman–Crippen LogP) is 0.892. The lowest BCUT2D eigenvalue weighted by molar-refractivity contribution is -0.385. The molecular formula is C13H18N4O4. The Labute approximate surface area is 122 Å². The zero-order valence-electron chi connectivity index (χ0n) is 11.9. The van der Waals surface area contributed by atoms with Gasteiger partial charge in [-0.05, 0) is 19.1 Å². The molecule has 0 aliphatic heterocycles. The SMILES string of the molecule is CCNc1ccc([N+](=O)[O-])c(C(=O)NCCC(=O)NC)c1. The van der Waals surface area contributed by atoms with Gasteiger partial charge in [0.05, 0.1) is 4.92 Å². The van der Waals surface area contributed by atoms with E-state index in [1.54, 1.807) is 6.07 Å². The van der Waals surface area contributed by atoms with Crippen LogP contribution in [0.15, 0.2) is 18.2 Å². The van der Waals surface area contributed by atoms with E-state index in [-0.39, 0.29) is 30.1 Å². The molecule has 0 unspecified atom stereocenters. The van der Waals surface area contributed by atoms with Gasteiger partial charge in [-0.2, -0.15) is 0 Å². The van der Waals surface area contributed by atoms with Gasteiger partial charge in [0.1, 0.15) is 5.56 Å². The van der Waals surface area contributed by atoms with Crippen LogP contribution in [0.3, 0.4) is 0 Å². The van der Waals surface area contributed by atoms with Crippen LogP contribution in [0.5, 0.6) is 0 Å². The number of hydrogen-bond acceptors (Lipinski definition) is 5. The monoisotopic (exact) mass is 294 g/mol. The Balaban J connectivity index is 2.86. The van der Waals surface area contributed by atoms with Crippen LogP contribution in [-0.2, 0) is 4.79 Å². The molecular weight excluding hydrogens is 276 g/mol. The molecule has 8 heteroatoms. The van der Waals surface area contributed by atoms with E-state index in [1.807, 2.05) is 6.92 Å². The number of benzene rings is 1. The van der Waals surface area contributed by atoms with E-state index in [1.165, 1.54) is 19.2 Å². The van der Waals surface area contributed by atoms with E-state index in [0.717, 1.165) is 0 Å². The minimum Gasteiger partial charge on any atom is -0.385 e. The Morgan fingerprint density at radius 3 is 2.62 bits per heavy atom. The van der Waals surface area contributed by atoms with E-state index >= 15 is 0 Å². The summed E-state index contributed by atoms with van der Waals surface area (Å²) in [5, 5.41) is 18.9. The largest absolute Gasteiger partial charge is 0.385 e. The second kappa shape index (κ2) is 7.83. The third-order valence-corrected chi connectivity index (χ3v) is 2.74. The minimum atomic E-state index is -0.608. The number of rotatable bonds is 7. The molecule has 1 aromatic carbocycles. The first-order valence-corrected chi connectivity index (χ1v) is 6.50. The van der Waals surface area contributed by atoms with E-state index in [2.05, 4.69) is 16.0 Å². The number of anilines is 1. The molecule has 0 radical (unpaired) electrons. The van der Waals surface area contributed by atoms with Crippen LogP contribution in [0.2, 0.25) is 0 Å². The number of hydrogen-bond donors (Lipinski definition) is 3. The van der Waals surface area contributed by atoms with Crippen LogP contribution in [0, 0.1) is 10.1 Å². The smallest absolute Gasteiger partial charge is 0.282 e. The Hall–Kier alpha value is -2.64. The van der Waals surface area contributed by atoms with Gasteiger partial charge in [-0.15, -0.1) is 0 Å². The highest BCUT2D eigenvalue weighted by molar-refractivity contribution is 5.99. The molecule has 0 saturated carbocycles. The van der Waals surface area contributed by atoms with Crippen molar-refractivity contribution in [1.29, 1.82) is 0 Å². The lowest BCUT2D eigenvalue weighted by Gasteiger charge is -2.08. The van der Waals surface area contributed by atoms with Gasteiger partial charge >= 0.3 is 0 Å². The van der Waals surface area contributed by atoms with Crippen LogP contribution in [0.25, 0.3) is 0 Å². The fourth-order valence-corrected chi connectivity index (χ4v) is 1.70. The molecule has 3 N–H and O–H groups in total. The van der Waals surface area contributed by atoms with Gasteiger partial charge in [0.2, 0.25) is 5.91 Å². The summed E-state index contributed by atoms with van der Waals surface area (Å²) in [5.41, 5.74) is 0.323. The quantitative estimate of drug-likeness (QED) is 0.510. The summed E-state index contributed by atoms with van der Waals surface area (Å²) < 4.78 is 0. The van der Waals surface area contributed by atoms with Gasteiger partial charge in [0.15, 0.2) is 0 Å². The molecule has 0 heterocycles. The molecule has 1 rings (SSSR count). The predicted molar refractivity (Wildman–Crippen MR) is 78.3 cm³/mol. The third kappa shape index (κ3) is 4.75. The number of amides is 2. The van der Waals surface area contributed by atoms with E-state index < -0.39 is 10.8 Å². The van der Waals surface area contributed by atoms with Gasteiger partial charge in [-0.1, -0.05) is 0 Å². The molecule has 21 heavy (non-hydrogen) atoms. The highest BCUT2D eigenvalue weighted by atomic mass is 16.6. The Bertz CT molecular complexity index is 545. The van der Waals surface area contributed by atoms with Crippen molar-refractivity contribution in [2.24, 2.45) is 0 Å². The van der Waals surface area contributed by atoms with Crippen LogP contribution in [-0.4, -0.2) is 36.9 Å². The molecule has 0 aliphatic rings. The van der Waals surface area contributed by atoms with Gasteiger partial charge < -0.3 is 16.0 Å². The second-order valence-corrected chi connectivity index (χ2v) is 4.20. The zero-order valence-corrected chi connectivity index (χ0v) is 11.9. The number of nitrogens with one attached hydrogen (secondary N) is 3. The molecule has 1 aromatic rings. The van der Waals surface area contributed by atoms with Crippen molar-refractivity contribution >= 4 is 23.2 Å². The van der Waals surface area contributed by atoms with Crippen molar-refractivity contribution in [3.8, 4) is 0 Å². The first-order chi connectivity index (χ1) is 9.99. The summed E-state index contributed by atoms with van der Waals surface area (Å²) in [6.45, 7) is 2.63. The van der Waals surface area contributed by atoms with E-state index in [4.69, 9.17) is 0 Å². The summed E-state index contributed by atoms with van der Waals surface area (Å²) in [6, 6.07) is 4.26. The molecule has 114 valence electrons.